The predicted molar refractivity (Wildman–Crippen MR) is 149 cm³/mol. The van der Waals surface area contributed by atoms with Crippen LogP contribution in [-0.2, 0) is 29.4 Å². The number of sulfonamides is 1. The maximum absolute atomic E-state index is 13.0. The quantitative estimate of drug-likeness (QED) is 0.316. The number of nitrogens with zero attached hydrogens (tertiary/aromatic N) is 1. The number of hydrogen-bond acceptors (Lipinski definition) is 4. The van der Waals surface area contributed by atoms with E-state index in [0.29, 0.717) is 17.0 Å². The summed E-state index contributed by atoms with van der Waals surface area (Å²) in [5.74, 6) is 0.480. The van der Waals surface area contributed by atoms with E-state index in [1.165, 1.54) is 27.1 Å². The van der Waals surface area contributed by atoms with Crippen LogP contribution in [0.2, 0.25) is 0 Å². The van der Waals surface area contributed by atoms with Crippen LogP contribution in [0.15, 0.2) is 78.9 Å². The number of ether oxygens (including phenoxy) is 1. The van der Waals surface area contributed by atoms with Crippen LogP contribution in [0.3, 0.4) is 0 Å². The fourth-order valence-electron chi connectivity index (χ4n) is 4.84. The van der Waals surface area contributed by atoms with Gasteiger partial charge in [0.15, 0.2) is 0 Å². The van der Waals surface area contributed by atoms with E-state index < -0.39 is 10.0 Å². The Balaban J connectivity index is 1.32. The van der Waals surface area contributed by atoms with E-state index >= 15 is 0 Å². The summed E-state index contributed by atoms with van der Waals surface area (Å²) in [5, 5.41) is 5.37. The minimum absolute atomic E-state index is 0.0319. The van der Waals surface area contributed by atoms with Crippen molar-refractivity contribution in [3.63, 3.8) is 0 Å². The molecule has 0 atom stereocenters. The number of nitrogens with one attached hydrogen (secondary N) is 1. The second kappa shape index (κ2) is 9.90. The van der Waals surface area contributed by atoms with E-state index in [1.54, 1.807) is 48.5 Å². The average Bonchev–Trinajstić information content (AvgIpc) is 3.29. The van der Waals surface area contributed by atoms with Crippen LogP contribution < -0.4 is 14.4 Å². The zero-order valence-electron chi connectivity index (χ0n) is 21.2. The zero-order valence-corrected chi connectivity index (χ0v) is 22.0. The number of aryl methyl sites for hydroxylation is 2. The summed E-state index contributed by atoms with van der Waals surface area (Å²) in [6.45, 7) is 4.03. The molecule has 37 heavy (non-hydrogen) atoms. The lowest BCUT2D eigenvalue weighted by Gasteiger charge is -2.23. The van der Waals surface area contributed by atoms with Gasteiger partial charge in [-0.2, -0.15) is 0 Å². The molecule has 0 aliphatic heterocycles. The molecule has 4 aromatic rings. The molecule has 5 rings (SSSR count). The van der Waals surface area contributed by atoms with Gasteiger partial charge in [0, 0.05) is 16.6 Å². The molecule has 0 spiro atoms. The molecule has 0 heterocycles. The minimum atomic E-state index is -3.53. The molecule has 190 valence electrons. The number of benzene rings is 4. The zero-order chi connectivity index (χ0) is 26.2. The van der Waals surface area contributed by atoms with Crippen molar-refractivity contribution in [2.75, 3.05) is 15.9 Å². The Morgan fingerprint density at radius 3 is 2.24 bits per heavy atom. The van der Waals surface area contributed by atoms with Gasteiger partial charge in [-0.15, -0.1) is 0 Å². The van der Waals surface area contributed by atoms with Crippen molar-refractivity contribution in [2.45, 2.75) is 39.3 Å². The lowest BCUT2D eigenvalue weighted by molar-refractivity contribution is 0.102. The highest BCUT2D eigenvalue weighted by molar-refractivity contribution is 7.92. The monoisotopic (exact) mass is 514 g/mol. The molecule has 0 saturated heterocycles. The highest BCUT2D eigenvalue weighted by Crippen LogP contribution is 2.35. The molecular weight excluding hydrogens is 484 g/mol. The van der Waals surface area contributed by atoms with Gasteiger partial charge in [0.2, 0.25) is 10.0 Å². The highest BCUT2D eigenvalue weighted by atomic mass is 32.2. The third-order valence-electron chi connectivity index (χ3n) is 6.56. The minimum Gasteiger partial charge on any atom is -0.491 e. The van der Waals surface area contributed by atoms with Crippen LogP contribution >= 0.6 is 0 Å². The summed E-state index contributed by atoms with van der Waals surface area (Å²) in [6.07, 6.45) is 3.29. The molecule has 7 heteroatoms. The first kappa shape index (κ1) is 24.8. The first-order chi connectivity index (χ1) is 17.7. The van der Waals surface area contributed by atoms with Gasteiger partial charge in [-0.25, -0.2) is 8.42 Å². The standard InChI is InChI=1S/C30H30N2O4S/c1-20(2)36-26-16-14-25(15-17-26)32(37(3,34)35)19-21-7-9-24(10-8-21)30(33)31-28-18-13-23-12-11-22-5-4-6-27(28)29(22)23/h4-10,13-18,20H,11-12,19H2,1-3H3,(H,31,33). The molecule has 1 aliphatic carbocycles. The molecule has 4 aromatic carbocycles. The first-order valence-corrected chi connectivity index (χ1v) is 14.2. The third-order valence-corrected chi connectivity index (χ3v) is 7.70. The summed E-state index contributed by atoms with van der Waals surface area (Å²) >= 11 is 0. The summed E-state index contributed by atoms with van der Waals surface area (Å²) < 4.78 is 32.1. The van der Waals surface area contributed by atoms with Gasteiger partial charge in [-0.05, 0) is 91.2 Å². The Labute approximate surface area is 217 Å². The number of carbonyl (C=O) groups is 1. The maximum Gasteiger partial charge on any atom is 0.255 e. The Bertz CT molecular complexity index is 1550. The number of amides is 1. The summed E-state index contributed by atoms with van der Waals surface area (Å²) in [7, 11) is -3.53. The fraction of sp³-hybridized carbons (Fsp3) is 0.233. The molecule has 0 saturated carbocycles. The van der Waals surface area contributed by atoms with E-state index in [9.17, 15) is 13.2 Å². The van der Waals surface area contributed by atoms with Crippen molar-refractivity contribution in [3.05, 3.63) is 101 Å². The average molecular weight is 515 g/mol. The lowest BCUT2D eigenvalue weighted by atomic mass is 10.0. The normalized spacial score (nSPS) is 12.6. The number of carbonyl (C=O) groups excluding carboxylic acids is 1. The molecule has 0 fully saturated rings. The lowest BCUT2D eigenvalue weighted by Crippen LogP contribution is -2.29. The molecule has 0 unspecified atom stereocenters. The number of rotatable bonds is 8. The van der Waals surface area contributed by atoms with E-state index in [2.05, 4.69) is 17.4 Å². The maximum atomic E-state index is 13.0. The Morgan fingerprint density at radius 1 is 0.919 bits per heavy atom. The largest absolute Gasteiger partial charge is 0.491 e. The summed E-state index contributed by atoms with van der Waals surface area (Å²) in [6, 6.07) is 24.3. The summed E-state index contributed by atoms with van der Waals surface area (Å²) in [5.41, 5.74) is 5.27. The van der Waals surface area contributed by atoms with Crippen molar-refractivity contribution < 1.29 is 17.9 Å². The van der Waals surface area contributed by atoms with Gasteiger partial charge in [0.1, 0.15) is 5.75 Å². The van der Waals surface area contributed by atoms with Gasteiger partial charge in [-0.3, -0.25) is 9.10 Å². The van der Waals surface area contributed by atoms with Gasteiger partial charge in [-0.1, -0.05) is 36.4 Å². The first-order valence-electron chi connectivity index (χ1n) is 12.4. The smallest absolute Gasteiger partial charge is 0.255 e. The van der Waals surface area contributed by atoms with E-state index in [0.717, 1.165) is 29.5 Å². The second-order valence-corrected chi connectivity index (χ2v) is 11.6. The molecule has 1 N–H and O–H groups in total. The highest BCUT2D eigenvalue weighted by Gasteiger charge is 2.20. The molecule has 0 radical (unpaired) electrons. The van der Waals surface area contributed by atoms with Gasteiger partial charge < -0.3 is 10.1 Å². The number of hydrogen-bond donors (Lipinski definition) is 1. The van der Waals surface area contributed by atoms with Crippen LogP contribution in [0.25, 0.3) is 10.8 Å². The van der Waals surface area contributed by atoms with Crippen LogP contribution in [0.5, 0.6) is 5.75 Å². The number of anilines is 2. The van der Waals surface area contributed by atoms with Crippen molar-refractivity contribution >= 4 is 38.1 Å². The van der Waals surface area contributed by atoms with E-state index in [-0.39, 0.29) is 18.6 Å². The van der Waals surface area contributed by atoms with Crippen LogP contribution in [0.4, 0.5) is 11.4 Å². The van der Waals surface area contributed by atoms with Gasteiger partial charge in [0.25, 0.3) is 5.91 Å². The van der Waals surface area contributed by atoms with Crippen molar-refractivity contribution in [1.82, 2.24) is 0 Å². The second-order valence-electron chi connectivity index (χ2n) is 9.69. The van der Waals surface area contributed by atoms with E-state index in [1.807, 2.05) is 32.0 Å². The van der Waals surface area contributed by atoms with Crippen LogP contribution in [-0.4, -0.2) is 26.7 Å². The van der Waals surface area contributed by atoms with Gasteiger partial charge >= 0.3 is 0 Å². The van der Waals surface area contributed by atoms with Crippen LogP contribution in [0, 0.1) is 0 Å². The summed E-state index contributed by atoms with van der Waals surface area (Å²) in [4.78, 5) is 13.0. The molecular formula is C30H30N2O4S. The predicted octanol–water partition coefficient (Wildman–Crippen LogP) is 5.94. The van der Waals surface area contributed by atoms with Crippen LogP contribution in [0.1, 0.15) is 40.9 Å². The van der Waals surface area contributed by atoms with Gasteiger partial charge in [0.05, 0.1) is 24.6 Å². The SMILES string of the molecule is CC(C)Oc1ccc(N(Cc2ccc(C(=O)Nc3ccc4c5c(cccc35)CC4)cc2)S(C)(=O)=O)cc1. The molecule has 6 nitrogen and oxygen atoms in total. The Hall–Kier alpha value is -3.84. The molecule has 1 aliphatic rings. The Morgan fingerprint density at radius 2 is 1.59 bits per heavy atom. The topological polar surface area (TPSA) is 75.7 Å². The molecule has 1 amide bonds. The van der Waals surface area contributed by atoms with Crippen molar-refractivity contribution in [2.24, 2.45) is 0 Å². The fourth-order valence-corrected chi connectivity index (χ4v) is 5.73. The third kappa shape index (κ3) is 5.32. The Kier molecular flexibility index (Phi) is 6.65. The molecule has 0 aromatic heterocycles. The van der Waals surface area contributed by atoms with Crippen molar-refractivity contribution in [3.8, 4) is 5.75 Å². The van der Waals surface area contributed by atoms with Crippen molar-refractivity contribution in [1.29, 1.82) is 0 Å². The van der Waals surface area contributed by atoms with E-state index in [4.69, 9.17) is 4.74 Å². The molecule has 0 bridgehead atoms.